The molecule has 0 heterocycles. The largest absolute Gasteiger partial charge is 0.398 e. The summed E-state index contributed by atoms with van der Waals surface area (Å²) in [6.07, 6.45) is 2.26. The van der Waals surface area contributed by atoms with Crippen LogP contribution in [0, 0.1) is 0 Å². The van der Waals surface area contributed by atoms with E-state index in [9.17, 15) is 4.79 Å². The van der Waals surface area contributed by atoms with Crippen molar-refractivity contribution in [1.82, 2.24) is 4.90 Å². The summed E-state index contributed by atoms with van der Waals surface area (Å²) < 4.78 is 0.832. The van der Waals surface area contributed by atoms with Gasteiger partial charge in [-0.1, -0.05) is 0 Å². The minimum Gasteiger partial charge on any atom is -0.398 e. The van der Waals surface area contributed by atoms with Gasteiger partial charge in [-0.3, -0.25) is 4.79 Å². The number of carbonyl (C=O) groups is 1. The second-order valence-corrected chi connectivity index (χ2v) is 4.91. The van der Waals surface area contributed by atoms with Crippen molar-refractivity contribution in [3.05, 3.63) is 28.2 Å². The van der Waals surface area contributed by atoms with Gasteiger partial charge in [-0.2, -0.15) is 0 Å². The van der Waals surface area contributed by atoms with Gasteiger partial charge in [-0.25, -0.2) is 0 Å². The van der Waals surface area contributed by atoms with Crippen molar-refractivity contribution in [2.75, 3.05) is 12.3 Å². The number of benzene rings is 1. The molecule has 0 unspecified atom stereocenters. The van der Waals surface area contributed by atoms with Gasteiger partial charge in [0.25, 0.3) is 5.91 Å². The van der Waals surface area contributed by atoms with Crippen LogP contribution in [0.4, 0.5) is 5.69 Å². The zero-order valence-corrected chi connectivity index (χ0v) is 10.8. The van der Waals surface area contributed by atoms with E-state index in [0.717, 1.165) is 23.9 Å². The predicted octanol–water partition coefficient (Wildman–Crippen LogP) is 2.66. The zero-order valence-electron chi connectivity index (χ0n) is 9.24. The fourth-order valence-electron chi connectivity index (χ4n) is 1.80. The summed E-state index contributed by atoms with van der Waals surface area (Å²) in [5, 5.41) is 0. The summed E-state index contributed by atoms with van der Waals surface area (Å²) in [7, 11) is 0. The van der Waals surface area contributed by atoms with Crippen molar-refractivity contribution in [2.45, 2.75) is 25.8 Å². The van der Waals surface area contributed by atoms with E-state index in [1.165, 1.54) is 0 Å². The second-order valence-electron chi connectivity index (χ2n) is 4.06. The lowest BCUT2D eigenvalue weighted by molar-refractivity contribution is 0.0752. The molecule has 0 aromatic heterocycles. The lowest BCUT2D eigenvalue weighted by Crippen LogP contribution is -2.32. The molecule has 1 amide bonds. The maximum Gasteiger partial charge on any atom is 0.254 e. The molecule has 1 aromatic carbocycles. The summed E-state index contributed by atoms with van der Waals surface area (Å²) in [5.41, 5.74) is 7.06. The topological polar surface area (TPSA) is 46.3 Å². The Bertz CT molecular complexity index is 415. The van der Waals surface area contributed by atoms with Crippen molar-refractivity contribution in [3.63, 3.8) is 0 Å². The normalized spacial score (nSPS) is 14.9. The number of hydrogen-bond donors (Lipinski definition) is 1. The van der Waals surface area contributed by atoms with E-state index in [1.807, 2.05) is 24.0 Å². The van der Waals surface area contributed by atoms with Gasteiger partial charge < -0.3 is 10.6 Å². The van der Waals surface area contributed by atoms with E-state index in [1.54, 1.807) is 6.07 Å². The highest BCUT2D eigenvalue weighted by atomic mass is 79.9. The van der Waals surface area contributed by atoms with Crippen LogP contribution in [0.2, 0.25) is 0 Å². The van der Waals surface area contributed by atoms with E-state index < -0.39 is 0 Å². The number of nitrogen functional groups attached to an aromatic ring is 1. The number of anilines is 1. The molecule has 0 bridgehead atoms. The number of nitrogens with zero attached hydrogens (tertiary/aromatic N) is 1. The molecule has 1 aliphatic rings. The van der Waals surface area contributed by atoms with Crippen molar-refractivity contribution >= 4 is 27.5 Å². The average Bonchev–Trinajstić information content (AvgIpc) is 3.07. The van der Waals surface area contributed by atoms with Gasteiger partial charge in [0, 0.05) is 28.3 Å². The standard InChI is InChI=1S/C12H15BrN2O/c1-2-15(9-4-5-9)12(16)8-3-6-10(13)11(14)7-8/h3,6-7,9H,2,4-5,14H2,1H3. The van der Waals surface area contributed by atoms with Crippen LogP contribution in [0.5, 0.6) is 0 Å². The van der Waals surface area contributed by atoms with Crippen LogP contribution in [0.15, 0.2) is 22.7 Å². The van der Waals surface area contributed by atoms with E-state index in [0.29, 0.717) is 17.3 Å². The fraction of sp³-hybridized carbons (Fsp3) is 0.417. The lowest BCUT2D eigenvalue weighted by atomic mass is 10.1. The number of hydrogen-bond acceptors (Lipinski definition) is 2. The fourth-order valence-corrected chi connectivity index (χ4v) is 2.04. The van der Waals surface area contributed by atoms with Crippen LogP contribution in [0.1, 0.15) is 30.1 Å². The van der Waals surface area contributed by atoms with Gasteiger partial charge in [0.05, 0.1) is 0 Å². The number of rotatable bonds is 3. The number of amides is 1. The van der Waals surface area contributed by atoms with Gasteiger partial charge in [-0.15, -0.1) is 0 Å². The average molecular weight is 283 g/mol. The minimum atomic E-state index is 0.0872. The Morgan fingerprint density at radius 1 is 1.56 bits per heavy atom. The van der Waals surface area contributed by atoms with Crippen LogP contribution in [-0.4, -0.2) is 23.4 Å². The molecule has 0 radical (unpaired) electrons. The first-order chi connectivity index (χ1) is 7.63. The first-order valence-electron chi connectivity index (χ1n) is 5.49. The summed E-state index contributed by atoms with van der Waals surface area (Å²) in [6, 6.07) is 5.82. The first kappa shape index (κ1) is 11.5. The highest BCUT2D eigenvalue weighted by Crippen LogP contribution is 2.29. The molecule has 86 valence electrons. The smallest absolute Gasteiger partial charge is 0.254 e. The van der Waals surface area contributed by atoms with Crippen LogP contribution >= 0.6 is 15.9 Å². The monoisotopic (exact) mass is 282 g/mol. The zero-order chi connectivity index (χ0) is 11.7. The molecule has 3 nitrogen and oxygen atoms in total. The van der Waals surface area contributed by atoms with Crippen LogP contribution < -0.4 is 5.73 Å². The van der Waals surface area contributed by atoms with E-state index in [4.69, 9.17) is 5.73 Å². The predicted molar refractivity (Wildman–Crippen MR) is 68.3 cm³/mol. The highest BCUT2D eigenvalue weighted by molar-refractivity contribution is 9.10. The number of halogens is 1. The Morgan fingerprint density at radius 3 is 2.75 bits per heavy atom. The summed E-state index contributed by atoms with van der Waals surface area (Å²) in [4.78, 5) is 14.1. The van der Waals surface area contributed by atoms with Gasteiger partial charge >= 0.3 is 0 Å². The molecule has 1 fully saturated rings. The molecule has 0 saturated heterocycles. The molecule has 0 atom stereocenters. The molecule has 16 heavy (non-hydrogen) atoms. The molecular weight excluding hydrogens is 268 g/mol. The Balaban J connectivity index is 2.22. The van der Waals surface area contributed by atoms with Crippen molar-refractivity contribution < 1.29 is 4.79 Å². The van der Waals surface area contributed by atoms with Gasteiger partial charge in [0.15, 0.2) is 0 Å². The van der Waals surface area contributed by atoms with E-state index in [-0.39, 0.29) is 5.91 Å². The lowest BCUT2D eigenvalue weighted by Gasteiger charge is -2.20. The number of carbonyl (C=O) groups excluding carboxylic acids is 1. The third-order valence-corrected chi connectivity index (χ3v) is 3.55. The quantitative estimate of drug-likeness (QED) is 0.867. The van der Waals surface area contributed by atoms with Crippen molar-refractivity contribution in [1.29, 1.82) is 0 Å². The maximum atomic E-state index is 12.2. The molecule has 1 saturated carbocycles. The van der Waals surface area contributed by atoms with E-state index in [2.05, 4.69) is 15.9 Å². The highest BCUT2D eigenvalue weighted by Gasteiger charge is 2.31. The first-order valence-corrected chi connectivity index (χ1v) is 6.28. The van der Waals surface area contributed by atoms with E-state index >= 15 is 0 Å². The van der Waals surface area contributed by atoms with Crippen molar-refractivity contribution in [3.8, 4) is 0 Å². The van der Waals surface area contributed by atoms with Crippen molar-refractivity contribution in [2.24, 2.45) is 0 Å². The van der Waals surface area contributed by atoms with Crippen LogP contribution in [0.25, 0.3) is 0 Å². The number of nitrogens with two attached hydrogens (primary N) is 1. The third kappa shape index (κ3) is 2.21. The summed E-state index contributed by atoms with van der Waals surface area (Å²) in [5.74, 6) is 0.0872. The van der Waals surface area contributed by atoms with Crippen LogP contribution in [-0.2, 0) is 0 Å². The molecule has 0 spiro atoms. The summed E-state index contributed by atoms with van der Waals surface area (Å²) >= 11 is 3.32. The van der Waals surface area contributed by atoms with Crippen LogP contribution in [0.3, 0.4) is 0 Å². The molecule has 2 N–H and O–H groups in total. The molecule has 1 aliphatic carbocycles. The molecular formula is C12H15BrN2O. The Kier molecular flexibility index (Phi) is 3.19. The molecule has 0 aliphatic heterocycles. The van der Waals surface area contributed by atoms with Gasteiger partial charge in [-0.05, 0) is 53.9 Å². The van der Waals surface area contributed by atoms with Gasteiger partial charge in [0.1, 0.15) is 0 Å². The molecule has 1 aromatic rings. The Labute approximate surface area is 104 Å². The third-order valence-electron chi connectivity index (χ3n) is 2.83. The molecule has 2 rings (SSSR count). The minimum absolute atomic E-state index is 0.0872. The Morgan fingerprint density at radius 2 is 2.25 bits per heavy atom. The molecule has 4 heteroatoms. The maximum absolute atomic E-state index is 12.2. The summed E-state index contributed by atoms with van der Waals surface area (Å²) in [6.45, 7) is 2.78. The SMILES string of the molecule is CCN(C(=O)c1ccc(Br)c(N)c1)C1CC1. The van der Waals surface area contributed by atoms with Gasteiger partial charge in [0.2, 0.25) is 0 Å². The second kappa shape index (κ2) is 4.45. The Hall–Kier alpha value is -1.03.